The molecule has 1 aromatic carbocycles. The molecule has 2 aliphatic rings. The zero-order chi connectivity index (χ0) is 19.3. The SMILES string of the molecule is O=C(CN1CCC[C@H](c2cncc(-c3cccc(Cl)c3)n2)C1)N1CCCCC1. The number of likely N-dealkylation sites (tertiary alicyclic amines) is 2. The number of nitrogens with zero attached hydrogens (tertiary/aromatic N) is 4. The maximum Gasteiger partial charge on any atom is 0.236 e. The molecule has 0 saturated carbocycles. The van der Waals surface area contributed by atoms with E-state index in [1.807, 2.05) is 35.4 Å². The number of carbonyl (C=O) groups is 1. The largest absolute Gasteiger partial charge is 0.342 e. The van der Waals surface area contributed by atoms with E-state index in [4.69, 9.17) is 16.6 Å². The first-order valence-corrected chi connectivity index (χ1v) is 10.6. The Kier molecular flexibility index (Phi) is 6.23. The standard InChI is InChI=1S/C22H27ClN4O/c23-19-8-4-6-17(12-19)20-13-24-14-21(25-20)18-7-5-9-26(15-18)16-22(28)27-10-2-1-3-11-27/h4,6,8,12-14,18H,1-3,5,7,9-11,15-16H2/t18-/m0/s1. The summed E-state index contributed by atoms with van der Waals surface area (Å²) in [7, 11) is 0. The van der Waals surface area contributed by atoms with Crippen molar-refractivity contribution in [2.75, 3.05) is 32.7 Å². The zero-order valence-electron chi connectivity index (χ0n) is 16.2. The normalized spacial score (nSPS) is 20.9. The van der Waals surface area contributed by atoms with E-state index in [0.717, 1.165) is 68.8 Å². The number of benzene rings is 1. The van der Waals surface area contributed by atoms with Gasteiger partial charge in [-0.2, -0.15) is 0 Å². The monoisotopic (exact) mass is 398 g/mol. The Morgan fingerprint density at radius 3 is 2.79 bits per heavy atom. The molecule has 28 heavy (non-hydrogen) atoms. The minimum Gasteiger partial charge on any atom is -0.342 e. The van der Waals surface area contributed by atoms with Crippen molar-refractivity contribution >= 4 is 17.5 Å². The van der Waals surface area contributed by atoms with Crippen molar-refractivity contribution in [1.29, 1.82) is 0 Å². The Morgan fingerprint density at radius 2 is 1.96 bits per heavy atom. The van der Waals surface area contributed by atoms with Crippen LogP contribution < -0.4 is 0 Å². The molecule has 0 radical (unpaired) electrons. The van der Waals surface area contributed by atoms with Gasteiger partial charge in [-0.1, -0.05) is 23.7 Å². The summed E-state index contributed by atoms with van der Waals surface area (Å²) in [5.74, 6) is 0.591. The van der Waals surface area contributed by atoms with Gasteiger partial charge in [0.15, 0.2) is 0 Å². The van der Waals surface area contributed by atoms with Gasteiger partial charge in [0.25, 0.3) is 0 Å². The lowest BCUT2D eigenvalue weighted by Gasteiger charge is -2.34. The molecular formula is C22H27ClN4O. The van der Waals surface area contributed by atoms with Crippen LogP contribution in [-0.2, 0) is 4.79 Å². The van der Waals surface area contributed by atoms with Crippen LogP contribution in [0.3, 0.4) is 0 Å². The van der Waals surface area contributed by atoms with E-state index >= 15 is 0 Å². The lowest BCUT2D eigenvalue weighted by atomic mass is 9.94. The van der Waals surface area contributed by atoms with Gasteiger partial charge in [-0.15, -0.1) is 0 Å². The van der Waals surface area contributed by atoms with Crippen molar-refractivity contribution in [3.05, 3.63) is 47.4 Å². The summed E-state index contributed by atoms with van der Waals surface area (Å²) < 4.78 is 0. The van der Waals surface area contributed by atoms with Crippen molar-refractivity contribution in [1.82, 2.24) is 19.8 Å². The van der Waals surface area contributed by atoms with Gasteiger partial charge in [0.05, 0.1) is 24.1 Å². The van der Waals surface area contributed by atoms with Gasteiger partial charge in [0.2, 0.25) is 5.91 Å². The molecule has 2 aliphatic heterocycles. The van der Waals surface area contributed by atoms with Crippen molar-refractivity contribution in [2.24, 2.45) is 0 Å². The first-order valence-electron chi connectivity index (χ1n) is 10.3. The lowest BCUT2D eigenvalue weighted by molar-refractivity contribution is -0.133. The van der Waals surface area contributed by atoms with Crippen molar-refractivity contribution in [3.63, 3.8) is 0 Å². The van der Waals surface area contributed by atoms with E-state index in [1.54, 1.807) is 6.20 Å². The van der Waals surface area contributed by atoms with Gasteiger partial charge in [-0.25, -0.2) is 4.98 Å². The first kappa shape index (κ1) is 19.3. The molecule has 5 nitrogen and oxygen atoms in total. The molecule has 3 heterocycles. The van der Waals surface area contributed by atoms with E-state index in [0.29, 0.717) is 17.5 Å². The number of hydrogen-bond acceptors (Lipinski definition) is 4. The molecule has 1 atom stereocenters. The highest BCUT2D eigenvalue weighted by Crippen LogP contribution is 2.27. The predicted molar refractivity (Wildman–Crippen MR) is 111 cm³/mol. The molecule has 0 spiro atoms. The summed E-state index contributed by atoms with van der Waals surface area (Å²) in [6.45, 7) is 4.22. The van der Waals surface area contributed by atoms with Crippen molar-refractivity contribution in [2.45, 2.75) is 38.0 Å². The van der Waals surface area contributed by atoms with E-state index in [1.165, 1.54) is 6.42 Å². The minimum atomic E-state index is 0.277. The van der Waals surface area contributed by atoms with Crippen LogP contribution in [0, 0.1) is 0 Å². The first-order chi connectivity index (χ1) is 13.7. The zero-order valence-corrected chi connectivity index (χ0v) is 16.9. The summed E-state index contributed by atoms with van der Waals surface area (Å²) in [6, 6.07) is 7.71. The molecule has 148 valence electrons. The maximum absolute atomic E-state index is 12.6. The van der Waals surface area contributed by atoms with Gasteiger partial charge >= 0.3 is 0 Å². The summed E-state index contributed by atoms with van der Waals surface area (Å²) in [5, 5.41) is 0.699. The van der Waals surface area contributed by atoms with E-state index in [-0.39, 0.29) is 5.91 Å². The average Bonchev–Trinajstić information content (AvgIpc) is 2.75. The molecule has 0 bridgehead atoms. The third-order valence-corrected chi connectivity index (χ3v) is 6.00. The van der Waals surface area contributed by atoms with Crippen molar-refractivity contribution < 1.29 is 4.79 Å². The van der Waals surface area contributed by atoms with Crippen LogP contribution in [0.5, 0.6) is 0 Å². The highest BCUT2D eigenvalue weighted by molar-refractivity contribution is 6.30. The van der Waals surface area contributed by atoms with Crippen LogP contribution in [0.4, 0.5) is 0 Å². The Morgan fingerprint density at radius 1 is 1.11 bits per heavy atom. The quantitative estimate of drug-likeness (QED) is 0.781. The predicted octanol–water partition coefficient (Wildman–Crippen LogP) is 3.99. The van der Waals surface area contributed by atoms with Gasteiger partial charge < -0.3 is 4.90 Å². The fourth-order valence-electron chi connectivity index (χ4n) is 4.24. The molecule has 2 fully saturated rings. The fraction of sp³-hybridized carbons (Fsp3) is 0.500. The Bertz CT molecular complexity index is 822. The van der Waals surface area contributed by atoms with Gasteiger partial charge in [0, 0.05) is 42.3 Å². The molecule has 0 N–H and O–H groups in total. The molecule has 6 heteroatoms. The number of rotatable bonds is 4. The Balaban J connectivity index is 1.43. The van der Waals surface area contributed by atoms with E-state index in [2.05, 4.69) is 9.88 Å². The topological polar surface area (TPSA) is 49.3 Å². The van der Waals surface area contributed by atoms with Gasteiger partial charge in [0.1, 0.15) is 0 Å². The van der Waals surface area contributed by atoms with Crippen LogP contribution in [0.1, 0.15) is 43.7 Å². The lowest BCUT2D eigenvalue weighted by Crippen LogP contribution is -2.45. The second kappa shape index (κ2) is 9.01. The summed E-state index contributed by atoms with van der Waals surface area (Å²) in [6.07, 6.45) is 9.35. The number of aromatic nitrogens is 2. The molecule has 1 amide bonds. The average molecular weight is 399 g/mol. The van der Waals surface area contributed by atoms with Crippen LogP contribution in [-0.4, -0.2) is 58.4 Å². The van der Waals surface area contributed by atoms with E-state index < -0.39 is 0 Å². The highest BCUT2D eigenvalue weighted by Gasteiger charge is 2.26. The van der Waals surface area contributed by atoms with Gasteiger partial charge in [-0.05, 0) is 50.8 Å². The number of piperidine rings is 2. The number of hydrogen-bond donors (Lipinski definition) is 0. The highest BCUT2D eigenvalue weighted by atomic mass is 35.5. The molecule has 2 aromatic rings. The fourth-order valence-corrected chi connectivity index (χ4v) is 4.43. The maximum atomic E-state index is 12.6. The minimum absolute atomic E-state index is 0.277. The van der Waals surface area contributed by atoms with E-state index in [9.17, 15) is 4.79 Å². The van der Waals surface area contributed by atoms with Crippen LogP contribution >= 0.6 is 11.6 Å². The van der Waals surface area contributed by atoms with Gasteiger partial charge in [-0.3, -0.25) is 14.7 Å². The summed E-state index contributed by atoms with van der Waals surface area (Å²) in [5.41, 5.74) is 2.84. The third kappa shape index (κ3) is 4.70. The molecule has 1 aromatic heterocycles. The summed E-state index contributed by atoms with van der Waals surface area (Å²) in [4.78, 5) is 26.2. The number of amides is 1. The molecular weight excluding hydrogens is 372 g/mol. The second-order valence-electron chi connectivity index (χ2n) is 7.86. The number of carbonyl (C=O) groups excluding carboxylic acids is 1. The van der Waals surface area contributed by atoms with Crippen LogP contribution in [0.25, 0.3) is 11.3 Å². The number of halogens is 1. The van der Waals surface area contributed by atoms with Crippen molar-refractivity contribution in [3.8, 4) is 11.3 Å². The van der Waals surface area contributed by atoms with Crippen LogP contribution in [0.2, 0.25) is 5.02 Å². The third-order valence-electron chi connectivity index (χ3n) is 5.76. The second-order valence-corrected chi connectivity index (χ2v) is 8.29. The molecule has 2 saturated heterocycles. The molecule has 0 unspecified atom stereocenters. The Labute approximate surface area is 171 Å². The summed E-state index contributed by atoms with van der Waals surface area (Å²) >= 11 is 6.12. The molecule has 4 rings (SSSR count). The Hall–Kier alpha value is -1.98. The smallest absolute Gasteiger partial charge is 0.236 e. The van der Waals surface area contributed by atoms with Crippen LogP contribution in [0.15, 0.2) is 36.7 Å². The molecule has 0 aliphatic carbocycles.